The number of nitriles is 1. The van der Waals surface area contributed by atoms with Crippen molar-refractivity contribution in [1.82, 2.24) is 4.98 Å². The minimum absolute atomic E-state index is 0.109. The van der Waals surface area contributed by atoms with Gasteiger partial charge in [-0.1, -0.05) is 0 Å². The Morgan fingerprint density at radius 1 is 1.74 bits per heavy atom. The van der Waals surface area contributed by atoms with Crippen LogP contribution in [0.4, 0.5) is 0 Å². The molecule has 102 valence electrons. The van der Waals surface area contributed by atoms with E-state index in [9.17, 15) is 9.32 Å². The van der Waals surface area contributed by atoms with Gasteiger partial charge in [0.2, 0.25) is 0 Å². The molecule has 1 unspecified atom stereocenters. The van der Waals surface area contributed by atoms with Crippen molar-refractivity contribution in [1.29, 1.82) is 5.26 Å². The second-order valence-electron chi connectivity index (χ2n) is 4.50. The third kappa shape index (κ3) is 4.42. The molecule has 0 aromatic carbocycles. The zero-order chi connectivity index (χ0) is 14.6. The van der Waals surface area contributed by atoms with E-state index in [0.717, 1.165) is 0 Å². The van der Waals surface area contributed by atoms with Crippen LogP contribution in [0.25, 0.3) is 5.57 Å². The predicted molar refractivity (Wildman–Crippen MR) is 77.3 cm³/mol. The monoisotopic (exact) mass is 343 g/mol. The fourth-order valence-electron chi connectivity index (χ4n) is 1.32. The van der Waals surface area contributed by atoms with Gasteiger partial charge in [-0.25, -0.2) is 0 Å². The maximum Gasteiger partial charge on any atom is 0.103 e. The van der Waals surface area contributed by atoms with Crippen LogP contribution in [0.1, 0.15) is 19.5 Å². The summed E-state index contributed by atoms with van der Waals surface area (Å²) in [6.45, 7) is 3.18. The molecule has 1 aromatic heterocycles. The number of pyridine rings is 1. The van der Waals surface area contributed by atoms with Gasteiger partial charge in [-0.2, -0.15) is 5.26 Å². The molecule has 0 bridgehead atoms. The number of hydrogen-bond acceptors (Lipinski definition) is 5. The van der Waals surface area contributed by atoms with Crippen LogP contribution >= 0.6 is 15.9 Å². The first-order chi connectivity index (χ1) is 8.78. The molecule has 1 rings (SSSR count). The molecule has 3 N–H and O–H groups in total. The van der Waals surface area contributed by atoms with Crippen molar-refractivity contribution < 1.29 is 9.32 Å². The van der Waals surface area contributed by atoms with E-state index in [0.29, 0.717) is 15.1 Å². The topological polar surface area (TPSA) is 100 Å². The Morgan fingerprint density at radius 3 is 2.79 bits per heavy atom. The van der Waals surface area contributed by atoms with Crippen molar-refractivity contribution in [3.05, 3.63) is 28.6 Å². The Morgan fingerprint density at radius 2 is 2.37 bits per heavy atom. The van der Waals surface area contributed by atoms with E-state index in [1.807, 2.05) is 6.07 Å². The van der Waals surface area contributed by atoms with Gasteiger partial charge in [0.25, 0.3) is 0 Å². The Balaban J connectivity index is 3.08. The highest BCUT2D eigenvalue weighted by molar-refractivity contribution is 9.10. The lowest BCUT2D eigenvalue weighted by molar-refractivity contribution is 0.106. The minimum Gasteiger partial charge on any atom is -0.403 e. The number of allylic oxidation sites excluding steroid dienone is 1. The molecule has 0 radical (unpaired) electrons. The van der Waals surface area contributed by atoms with E-state index in [-0.39, 0.29) is 11.3 Å². The Labute approximate surface area is 122 Å². The molecule has 0 spiro atoms. The summed E-state index contributed by atoms with van der Waals surface area (Å²) >= 11 is 3.27. The summed E-state index contributed by atoms with van der Waals surface area (Å²) in [4.78, 5) is 4.56. The molecule has 0 amide bonds. The number of aliphatic hydroxyl groups is 1. The number of rotatable bonds is 4. The molecule has 0 aliphatic rings. The van der Waals surface area contributed by atoms with Crippen LogP contribution in [0.2, 0.25) is 0 Å². The van der Waals surface area contributed by atoms with Crippen molar-refractivity contribution in [3.63, 3.8) is 0 Å². The standard InChI is InChI=1S/C12H14BrN3O2S/c1-12(2,17)7-19(18)9-3-10(13)11(16-6-9)8(4-14)5-15/h3-4,6,17H,7,14H2,1-2H3. The van der Waals surface area contributed by atoms with Gasteiger partial charge in [0, 0.05) is 16.9 Å². The lowest BCUT2D eigenvalue weighted by atomic mass is 10.2. The van der Waals surface area contributed by atoms with E-state index in [1.54, 1.807) is 19.9 Å². The Kier molecular flexibility index (Phi) is 5.23. The van der Waals surface area contributed by atoms with Crippen LogP contribution in [-0.2, 0) is 10.8 Å². The molecule has 0 saturated heterocycles. The average Bonchev–Trinajstić information content (AvgIpc) is 2.30. The fourth-order valence-corrected chi connectivity index (χ4v) is 3.26. The van der Waals surface area contributed by atoms with Crippen LogP contribution in [0.5, 0.6) is 0 Å². The molecule has 7 heteroatoms. The van der Waals surface area contributed by atoms with Gasteiger partial charge in [0.1, 0.15) is 6.07 Å². The van der Waals surface area contributed by atoms with Crippen LogP contribution in [0, 0.1) is 11.3 Å². The lowest BCUT2D eigenvalue weighted by Crippen LogP contribution is -2.27. The summed E-state index contributed by atoms with van der Waals surface area (Å²) in [5, 5.41) is 18.5. The third-order valence-electron chi connectivity index (χ3n) is 2.11. The van der Waals surface area contributed by atoms with Crippen LogP contribution < -0.4 is 5.73 Å². The summed E-state index contributed by atoms with van der Waals surface area (Å²) in [6.07, 6.45) is 2.59. The molecule has 19 heavy (non-hydrogen) atoms. The number of aromatic nitrogens is 1. The van der Waals surface area contributed by atoms with Crippen LogP contribution in [0.3, 0.4) is 0 Å². The summed E-state index contributed by atoms with van der Waals surface area (Å²) < 4.78 is 12.6. The molecule has 0 aliphatic carbocycles. The molecular formula is C12H14BrN3O2S. The molecule has 0 aliphatic heterocycles. The number of nitrogens with zero attached hydrogens (tertiary/aromatic N) is 2. The first kappa shape index (κ1) is 15.8. The average molecular weight is 344 g/mol. The van der Waals surface area contributed by atoms with Gasteiger partial charge in [-0.15, -0.1) is 0 Å². The number of nitrogens with two attached hydrogens (primary N) is 1. The van der Waals surface area contributed by atoms with Crippen LogP contribution in [-0.4, -0.2) is 25.7 Å². The minimum atomic E-state index is -1.36. The van der Waals surface area contributed by atoms with Crippen LogP contribution in [0.15, 0.2) is 27.8 Å². The highest BCUT2D eigenvalue weighted by Gasteiger charge is 2.19. The molecule has 5 nitrogen and oxygen atoms in total. The van der Waals surface area contributed by atoms with Gasteiger partial charge < -0.3 is 10.8 Å². The summed E-state index contributed by atoms with van der Waals surface area (Å²) in [6, 6.07) is 3.54. The molecule has 1 heterocycles. The Bertz CT molecular complexity index is 573. The molecule has 1 aromatic rings. The van der Waals surface area contributed by atoms with Crippen molar-refractivity contribution in [2.24, 2.45) is 5.73 Å². The summed E-state index contributed by atoms with van der Waals surface area (Å²) in [7, 11) is -1.36. The van der Waals surface area contributed by atoms with Gasteiger partial charge in [0.05, 0.1) is 38.3 Å². The van der Waals surface area contributed by atoms with E-state index in [1.165, 1.54) is 12.4 Å². The maximum atomic E-state index is 12.0. The van der Waals surface area contributed by atoms with Gasteiger partial charge in [-0.05, 0) is 35.8 Å². The van der Waals surface area contributed by atoms with Gasteiger partial charge in [-0.3, -0.25) is 9.19 Å². The third-order valence-corrected chi connectivity index (χ3v) is 4.43. The largest absolute Gasteiger partial charge is 0.403 e. The van der Waals surface area contributed by atoms with E-state index < -0.39 is 16.4 Å². The van der Waals surface area contributed by atoms with E-state index >= 15 is 0 Å². The highest BCUT2D eigenvalue weighted by Crippen LogP contribution is 2.24. The SMILES string of the molecule is CC(C)(O)CS(=O)c1cnc(C(C#N)=CN)c(Br)c1. The maximum absolute atomic E-state index is 12.0. The number of hydrogen-bond donors (Lipinski definition) is 2. The molecule has 1 atom stereocenters. The normalized spacial score (nSPS) is 13.9. The zero-order valence-corrected chi connectivity index (χ0v) is 13.0. The Hall–Kier alpha value is -1.23. The second-order valence-corrected chi connectivity index (χ2v) is 6.80. The van der Waals surface area contributed by atoms with Gasteiger partial charge in [0.15, 0.2) is 0 Å². The van der Waals surface area contributed by atoms with E-state index in [4.69, 9.17) is 11.0 Å². The molecule has 0 fully saturated rings. The van der Waals surface area contributed by atoms with Crippen molar-refractivity contribution in [3.8, 4) is 6.07 Å². The van der Waals surface area contributed by atoms with E-state index in [2.05, 4.69) is 20.9 Å². The summed E-state index contributed by atoms with van der Waals surface area (Å²) in [5.41, 5.74) is 4.93. The van der Waals surface area contributed by atoms with Crippen molar-refractivity contribution in [2.75, 3.05) is 5.75 Å². The van der Waals surface area contributed by atoms with Gasteiger partial charge >= 0.3 is 0 Å². The molecule has 0 saturated carbocycles. The predicted octanol–water partition coefficient (Wildman–Crippen LogP) is 1.55. The lowest BCUT2D eigenvalue weighted by Gasteiger charge is -2.16. The first-order valence-electron chi connectivity index (χ1n) is 5.37. The fraction of sp³-hybridized carbons (Fsp3) is 0.333. The quantitative estimate of drug-likeness (QED) is 0.807. The zero-order valence-electron chi connectivity index (χ0n) is 10.6. The molecular weight excluding hydrogens is 330 g/mol. The van der Waals surface area contributed by atoms with Crippen molar-refractivity contribution in [2.45, 2.75) is 24.3 Å². The van der Waals surface area contributed by atoms with Crippen molar-refractivity contribution >= 4 is 32.3 Å². The number of halogens is 1. The second kappa shape index (κ2) is 6.28. The highest BCUT2D eigenvalue weighted by atomic mass is 79.9. The summed E-state index contributed by atoms with van der Waals surface area (Å²) in [5.74, 6) is 0.109. The smallest absolute Gasteiger partial charge is 0.103 e. The first-order valence-corrected chi connectivity index (χ1v) is 7.48.